The largest absolute Gasteiger partial charge is 0.781 e. The SMILES string of the molecule is CC[N+](CC)(CC)CC.CC[N+](CC)(CC)CC.Cc1ccc([S-])c([S-])c1.Cc1ccc([S-])c([S-])c1.Cc1ccc([S-])c([S-])c1.[Mo]. The van der Waals surface area contributed by atoms with E-state index in [2.05, 4.69) is 55.4 Å². The molecule has 0 saturated heterocycles. The molecule has 0 spiro atoms. The van der Waals surface area contributed by atoms with Gasteiger partial charge in [0, 0.05) is 21.1 Å². The molecule has 0 amide bonds. The number of aryl methyl sites for hydroxylation is 3. The van der Waals surface area contributed by atoms with Crippen LogP contribution in [0.1, 0.15) is 72.1 Å². The molecule has 3 aromatic carbocycles. The van der Waals surface area contributed by atoms with Gasteiger partial charge in [0.25, 0.3) is 0 Å². The molecule has 0 aliphatic heterocycles. The normalized spacial score (nSPS) is 10.2. The number of hydrogen-bond acceptors (Lipinski definition) is 6. The van der Waals surface area contributed by atoms with Gasteiger partial charge in [-0.3, -0.25) is 0 Å². The molecule has 0 atom stereocenters. The number of nitrogens with zero attached hydrogens (tertiary/aromatic N) is 2. The van der Waals surface area contributed by atoms with E-state index in [1.54, 1.807) is 0 Å². The van der Waals surface area contributed by atoms with Crippen LogP contribution in [0.4, 0.5) is 0 Å². The maximum absolute atomic E-state index is 4.94. The fourth-order valence-corrected chi connectivity index (χ4v) is 5.67. The Balaban J connectivity index is -0.000000500. The van der Waals surface area contributed by atoms with Crippen LogP contribution in [0.2, 0.25) is 0 Å². The molecular weight excluding hydrogens is 761 g/mol. The molecule has 0 unspecified atom stereocenters. The summed E-state index contributed by atoms with van der Waals surface area (Å²) in [5.41, 5.74) is 3.52. The van der Waals surface area contributed by atoms with Crippen molar-refractivity contribution < 1.29 is 30.0 Å². The summed E-state index contributed by atoms with van der Waals surface area (Å²) in [5.74, 6) is 0. The molecule has 0 fully saturated rings. The minimum absolute atomic E-state index is 0. The first kappa shape index (κ1) is 50.0. The second-order valence-corrected chi connectivity index (χ2v) is 13.7. The van der Waals surface area contributed by atoms with Crippen molar-refractivity contribution in [3.05, 3.63) is 71.3 Å². The van der Waals surface area contributed by atoms with E-state index in [1.165, 1.54) is 78.0 Å². The second kappa shape index (κ2) is 27.4. The molecule has 0 heterocycles. The molecule has 46 heavy (non-hydrogen) atoms. The topological polar surface area (TPSA) is 0 Å². The first-order chi connectivity index (χ1) is 21.1. The van der Waals surface area contributed by atoms with Crippen molar-refractivity contribution in [2.45, 2.75) is 106 Å². The Morgan fingerprint density at radius 1 is 0.348 bits per heavy atom. The Labute approximate surface area is 332 Å². The van der Waals surface area contributed by atoms with E-state index in [0.717, 1.165) is 29.4 Å². The molecule has 0 saturated carbocycles. The van der Waals surface area contributed by atoms with Gasteiger partial charge in [-0.15, -0.1) is 0 Å². The molecule has 0 radical (unpaired) electrons. The van der Waals surface area contributed by atoms with Crippen LogP contribution >= 0.6 is 0 Å². The van der Waals surface area contributed by atoms with Crippen LogP contribution in [0.3, 0.4) is 0 Å². The summed E-state index contributed by atoms with van der Waals surface area (Å²) in [6, 6.07) is 17.3. The molecule has 3 aromatic rings. The average Bonchev–Trinajstić information content (AvgIpc) is 3.03. The van der Waals surface area contributed by atoms with Gasteiger partial charge in [0.05, 0.1) is 52.4 Å². The Morgan fingerprint density at radius 2 is 0.522 bits per heavy atom. The van der Waals surface area contributed by atoms with E-state index in [1.807, 2.05) is 75.4 Å². The van der Waals surface area contributed by atoms with Gasteiger partial charge in [-0.25, -0.2) is 0 Å². The zero-order valence-corrected chi connectivity index (χ0v) is 37.0. The molecule has 0 aliphatic rings. The third-order valence-electron chi connectivity index (χ3n) is 8.66. The fourth-order valence-electron chi connectivity index (χ4n) is 4.53. The quantitative estimate of drug-likeness (QED) is 0.126. The van der Waals surface area contributed by atoms with Crippen LogP contribution in [0.15, 0.2) is 84.0 Å². The number of hydrogen-bond donors (Lipinski definition) is 0. The summed E-state index contributed by atoms with van der Waals surface area (Å²) in [6.07, 6.45) is 0. The van der Waals surface area contributed by atoms with Gasteiger partial charge >= 0.3 is 0 Å². The summed E-state index contributed by atoms with van der Waals surface area (Å²) < 4.78 is 2.56. The summed E-state index contributed by atoms with van der Waals surface area (Å²) in [6.45, 7) is 34.5. The zero-order valence-electron chi connectivity index (χ0n) is 30.1. The summed E-state index contributed by atoms with van der Waals surface area (Å²) in [5, 5.41) is 0. The first-order valence-electron chi connectivity index (χ1n) is 16.1. The van der Waals surface area contributed by atoms with Gasteiger partial charge in [-0.05, 0) is 76.2 Å². The zero-order chi connectivity index (χ0) is 35.2. The van der Waals surface area contributed by atoms with Crippen molar-refractivity contribution in [2.75, 3.05) is 52.4 Å². The molecule has 0 aromatic heterocycles. The minimum atomic E-state index is 0. The van der Waals surface area contributed by atoms with Crippen molar-refractivity contribution in [1.82, 2.24) is 0 Å². The van der Waals surface area contributed by atoms with Gasteiger partial charge in [-0.2, -0.15) is 29.4 Å². The predicted octanol–water partition coefficient (Wildman–Crippen LogP) is 9.18. The van der Waals surface area contributed by atoms with Crippen LogP contribution in [-0.4, -0.2) is 61.3 Å². The minimum Gasteiger partial charge on any atom is -0.781 e. The third kappa shape index (κ3) is 20.2. The Hall–Kier alpha value is -0.412. The number of benzene rings is 3. The van der Waals surface area contributed by atoms with Crippen LogP contribution in [0.25, 0.3) is 0 Å². The van der Waals surface area contributed by atoms with Crippen LogP contribution < -0.4 is 0 Å². The van der Waals surface area contributed by atoms with Gasteiger partial charge in [0.1, 0.15) is 0 Å². The van der Waals surface area contributed by atoms with E-state index in [0.29, 0.717) is 0 Å². The standard InChI is InChI=1S/2C8H20N.3C7H8S2.Mo/c2*1-5-9(6-2,7-3)8-4;3*1-5-2-3-6(8)7(9)4-5;/h2*5-8H2,1-4H3;3*2-4,8-9H,1H3;/q2*+1;;;;/p-6. The van der Waals surface area contributed by atoms with Gasteiger partial charge in [0.2, 0.25) is 0 Å². The molecular formula is C37H58MoN2S6-4. The van der Waals surface area contributed by atoms with Crippen molar-refractivity contribution in [3.8, 4) is 0 Å². The third-order valence-corrected chi connectivity index (χ3v) is 11.1. The van der Waals surface area contributed by atoms with Crippen LogP contribution in [0, 0.1) is 20.8 Å². The van der Waals surface area contributed by atoms with Gasteiger partial charge < -0.3 is 84.7 Å². The molecule has 3 rings (SSSR count). The van der Waals surface area contributed by atoms with Crippen molar-refractivity contribution in [3.63, 3.8) is 0 Å². The number of quaternary nitrogens is 2. The predicted molar refractivity (Wildman–Crippen MR) is 212 cm³/mol. The Morgan fingerprint density at radius 3 is 0.609 bits per heavy atom. The monoisotopic (exact) mass is 820 g/mol. The van der Waals surface area contributed by atoms with Crippen molar-refractivity contribution in [2.24, 2.45) is 0 Å². The van der Waals surface area contributed by atoms with Crippen molar-refractivity contribution in [1.29, 1.82) is 0 Å². The van der Waals surface area contributed by atoms with Gasteiger partial charge in [-0.1, -0.05) is 71.3 Å². The van der Waals surface area contributed by atoms with Crippen LogP contribution in [0.5, 0.6) is 0 Å². The summed E-state index contributed by atoms with van der Waals surface area (Å²) >= 11 is 29.5. The summed E-state index contributed by atoms with van der Waals surface area (Å²) in [4.78, 5) is 4.67. The maximum Gasteiger partial charge on any atom is 0.0757 e. The van der Waals surface area contributed by atoms with Gasteiger partial charge in [0.15, 0.2) is 0 Å². The van der Waals surface area contributed by atoms with E-state index >= 15 is 0 Å². The fraction of sp³-hybridized carbons (Fsp3) is 0.514. The van der Waals surface area contributed by atoms with Crippen molar-refractivity contribution >= 4 is 75.8 Å². The smallest absolute Gasteiger partial charge is 0.0757 e. The maximum atomic E-state index is 4.94. The molecule has 2 nitrogen and oxygen atoms in total. The molecule has 0 aliphatic carbocycles. The molecule has 0 bridgehead atoms. The number of rotatable bonds is 8. The molecule has 9 heteroatoms. The average molecular weight is 819 g/mol. The van der Waals surface area contributed by atoms with E-state index in [-0.39, 0.29) is 21.1 Å². The van der Waals surface area contributed by atoms with E-state index < -0.39 is 0 Å². The molecule has 0 N–H and O–H groups in total. The first-order valence-corrected chi connectivity index (χ1v) is 18.6. The Kier molecular flexibility index (Phi) is 29.8. The molecule has 262 valence electrons. The Bertz CT molecular complexity index is 1040. The van der Waals surface area contributed by atoms with Crippen LogP contribution in [-0.2, 0) is 96.8 Å². The van der Waals surface area contributed by atoms with E-state index in [4.69, 9.17) is 75.8 Å². The second-order valence-electron chi connectivity index (χ2n) is 11.1. The summed E-state index contributed by atoms with van der Waals surface area (Å²) in [7, 11) is 0. The van der Waals surface area contributed by atoms with E-state index in [9.17, 15) is 0 Å².